The quantitative estimate of drug-likeness (QED) is 0.942. The molecule has 104 valence electrons. The van der Waals surface area contributed by atoms with Gasteiger partial charge in [-0.2, -0.15) is 0 Å². The molecular weight excluding hydrogens is 279 g/mol. The van der Waals surface area contributed by atoms with Crippen molar-refractivity contribution >= 4 is 16.8 Å². The van der Waals surface area contributed by atoms with Crippen LogP contribution in [0, 0.1) is 12.7 Å². The van der Waals surface area contributed by atoms with Gasteiger partial charge in [-0.1, -0.05) is 6.07 Å². The summed E-state index contributed by atoms with van der Waals surface area (Å²) in [7, 11) is -1.33. The minimum absolute atomic E-state index is 0.146. The summed E-state index contributed by atoms with van der Waals surface area (Å²) in [6.45, 7) is 1.83. The van der Waals surface area contributed by atoms with Gasteiger partial charge in [0.1, 0.15) is 5.82 Å². The van der Waals surface area contributed by atoms with E-state index in [1.165, 1.54) is 36.4 Å². The second-order valence-electron chi connectivity index (χ2n) is 4.39. The fourth-order valence-electron chi connectivity index (χ4n) is 1.77. The Balaban J connectivity index is 2.19. The Labute approximate surface area is 118 Å². The van der Waals surface area contributed by atoms with E-state index in [0.29, 0.717) is 10.5 Å². The molecule has 2 rings (SSSR count). The number of carbonyl (C=O) groups is 1. The van der Waals surface area contributed by atoms with E-state index in [2.05, 4.69) is 0 Å². The van der Waals surface area contributed by atoms with Crippen LogP contribution in [0.2, 0.25) is 0 Å². The Morgan fingerprint density at radius 2 is 1.85 bits per heavy atom. The van der Waals surface area contributed by atoms with E-state index in [-0.39, 0.29) is 17.1 Å². The van der Waals surface area contributed by atoms with Crippen LogP contribution in [0.4, 0.5) is 4.39 Å². The number of hydrogen-bond donors (Lipinski definition) is 1. The predicted molar refractivity (Wildman–Crippen MR) is 74.7 cm³/mol. The molecule has 3 nitrogen and oxygen atoms in total. The molecule has 1 atom stereocenters. The summed E-state index contributed by atoms with van der Waals surface area (Å²) in [5.74, 6) is -1.18. The summed E-state index contributed by atoms with van der Waals surface area (Å²) < 4.78 is 25.4. The molecule has 0 saturated heterocycles. The Bertz CT molecular complexity index is 665. The lowest BCUT2D eigenvalue weighted by atomic mass is 10.1. The van der Waals surface area contributed by atoms with E-state index in [1.807, 2.05) is 6.92 Å². The highest BCUT2D eigenvalue weighted by atomic mass is 32.2. The molecule has 1 unspecified atom stereocenters. The van der Waals surface area contributed by atoms with Crippen molar-refractivity contribution < 1.29 is 18.5 Å². The van der Waals surface area contributed by atoms with Crippen molar-refractivity contribution in [3.05, 3.63) is 65.0 Å². The van der Waals surface area contributed by atoms with Crippen LogP contribution in [0.1, 0.15) is 21.5 Å². The van der Waals surface area contributed by atoms with Crippen molar-refractivity contribution in [2.24, 2.45) is 0 Å². The maximum absolute atomic E-state index is 13.2. The maximum atomic E-state index is 13.2. The average Bonchev–Trinajstić information content (AvgIpc) is 2.43. The minimum Gasteiger partial charge on any atom is -0.478 e. The van der Waals surface area contributed by atoms with Gasteiger partial charge < -0.3 is 5.11 Å². The van der Waals surface area contributed by atoms with Crippen LogP contribution in [0.5, 0.6) is 0 Å². The summed E-state index contributed by atoms with van der Waals surface area (Å²) in [6, 6.07) is 10.3. The first-order valence-corrected chi connectivity index (χ1v) is 7.26. The maximum Gasteiger partial charge on any atom is 0.335 e. The lowest BCUT2D eigenvalue weighted by Crippen LogP contribution is -2.01. The van der Waals surface area contributed by atoms with Crippen LogP contribution in [0.3, 0.4) is 0 Å². The van der Waals surface area contributed by atoms with Crippen molar-refractivity contribution in [1.29, 1.82) is 0 Å². The van der Waals surface area contributed by atoms with E-state index in [9.17, 15) is 13.4 Å². The van der Waals surface area contributed by atoms with Gasteiger partial charge in [-0.05, 0) is 54.4 Å². The van der Waals surface area contributed by atoms with Crippen LogP contribution in [0.15, 0.2) is 47.4 Å². The summed E-state index contributed by atoms with van der Waals surface area (Å²) in [5, 5.41) is 8.80. The largest absolute Gasteiger partial charge is 0.478 e. The van der Waals surface area contributed by atoms with Crippen LogP contribution in [-0.4, -0.2) is 15.3 Å². The van der Waals surface area contributed by atoms with Gasteiger partial charge in [-0.3, -0.25) is 4.21 Å². The van der Waals surface area contributed by atoms with Crippen LogP contribution in [-0.2, 0) is 16.6 Å². The highest BCUT2D eigenvalue weighted by Crippen LogP contribution is 2.17. The summed E-state index contributed by atoms with van der Waals surface area (Å²) in [4.78, 5) is 11.3. The van der Waals surface area contributed by atoms with Gasteiger partial charge in [0, 0.05) is 4.90 Å². The normalized spacial score (nSPS) is 12.1. The number of carboxylic acids is 1. The van der Waals surface area contributed by atoms with Crippen LogP contribution in [0.25, 0.3) is 0 Å². The molecule has 1 N–H and O–H groups in total. The second-order valence-corrected chi connectivity index (χ2v) is 5.84. The van der Waals surface area contributed by atoms with Gasteiger partial charge in [0.2, 0.25) is 0 Å². The topological polar surface area (TPSA) is 54.4 Å². The fraction of sp³-hybridized carbons (Fsp3) is 0.133. The fourth-order valence-corrected chi connectivity index (χ4v) is 2.97. The highest BCUT2D eigenvalue weighted by molar-refractivity contribution is 7.84. The first-order valence-electron chi connectivity index (χ1n) is 5.94. The van der Waals surface area contributed by atoms with Gasteiger partial charge >= 0.3 is 5.97 Å². The molecule has 0 saturated carbocycles. The van der Waals surface area contributed by atoms with E-state index < -0.39 is 16.8 Å². The number of halogens is 1. The molecule has 0 bridgehead atoms. The number of aromatic carboxylic acids is 1. The number of benzene rings is 2. The summed E-state index contributed by atoms with van der Waals surface area (Å²) in [6.07, 6.45) is 0. The first kappa shape index (κ1) is 14.4. The Morgan fingerprint density at radius 1 is 1.20 bits per heavy atom. The molecule has 0 radical (unpaired) electrons. The van der Waals surface area contributed by atoms with Gasteiger partial charge in [0.25, 0.3) is 0 Å². The molecule has 0 aliphatic rings. The van der Waals surface area contributed by atoms with Crippen molar-refractivity contribution in [2.45, 2.75) is 17.6 Å². The zero-order chi connectivity index (χ0) is 14.7. The Hall–Kier alpha value is -2.01. The molecular formula is C15H13FO3S. The SMILES string of the molecule is Cc1ccc(F)cc1CS(=O)c1ccc(C(=O)O)cc1. The number of hydrogen-bond acceptors (Lipinski definition) is 2. The predicted octanol–water partition coefficient (Wildman–Crippen LogP) is 3.14. The van der Waals surface area contributed by atoms with E-state index in [4.69, 9.17) is 5.11 Å². The molecule has 0 aliphatic carbocycles. The smallest absolute Gasteiger partial charge is 0.335 e. The van der Waals surface area contributed by atoms with Gasteiger partial charge in [0.15, 0.2) is 0 Å². The standard InChI is InChI=1S/C15H13FO3S/c1-10-2-5-13(16)8-12(10)9-20(19)14-6-3-11(4-7-14)15(17)18/h2-8H,9H2,1H3,(H,17,18). The molecule has 0 heterocycles. The average molecular weight is 292 g/mol. The van der Waals surface area contributed by atoms with Crippen molar-refractivity contribution in [3.8, 4) is 0 Å². The molecule has 2 aromatic carbocycles. The van der Waals surface area contributed by atoms with Gasteiger partial charge in [0.05, 0.1) is 22.1 Å². The van der Waals surface area contributed by atoms with E-state index in [0.717, 1.165) is 5.56 Å². The lowest BCUT2D eigenvalue weighted by molar-refractivity contribution is 0.0697. The van der Waals surface area contributed by atoms with Crippen molar-refractivity contribution in [1.82, 2.24) is 0 Å². The zero-order valence-electron chi connectivity index (χ0n) is 10.8. The van der Waals surface area contributed by atoms with Gasteiger partial charge in [-0.15, -0.1) is 0 Å². The molecule has 5 heteroatoms. The summed E-state index contributed by atoms with van der Waals surface area (Å²) in [5.41, 5.74) is 1.71. The zero-order valence-corrected chi connectivity index (χ0v) is 11.6. The summed E-state index contributed by atoms with van der Waals surface area (Å²) >= 11 is 0. The molecule has 20 heavy (non-hydrogen) atoms. The third kappa shape index (κ3) is 3.30. The second kappa shape index (κ2) is 5.96. The number of carboxylic acid groups (broad SMARTS) is 1. The van der Waals surface area contributed by atoms with Crippen LogP contribution >= 0.6 is 0 Å². The Morgan fingerprint density at radius 3 is 2.45 bits per heavy atom. The lowest BCUT2D eigenvalue weighted by Gasteiger charge is -2.06. The molecule has 0 spiro atoms. The molecule has 2 aromatic rings. The Kier molecular flexibility index (Phi) is 4.29. The molecule has 0 amide bonds. The van der Waals surface area contributed by atoms with Crippen molar-refractivity contribution in [2.75, 3.05) is 0 Å². The molecule has 0 fully saturated rings. The van der Waals surface area contributed by atoms with E-state index >= 15 is 0 Å². The number of aryl methyl sites for hydroxylation is 1. The minimum atomic E-state index is -1.33. The first-order chi connectivity index (χ1) is 9.47. The molecule has 0 aromatic heterocycles. The third-order valence-electron chi connectivity index (χ3n) is 2.96. The van der Waals surface area contributed by atoms with Crippen molar-refractivity contribution in [3.63, 3.8) is 0 Å². The van der Waals surface area contributed by atoms with Crippen LogP contribution < -0.4 is 0 Å². The highest BCUT2D eigenvalue weighted by Gasteiger charge is 2.09. The monoisotopic (exact) mass is 292 g/mol. The van der Waals surface area contributed by atoms with Gasteiger partial charge in [-0.25, -0.2) is 9.18 Å². The molecule has 0 aliphatic heterocycles. The van der Waals surface area contributed by atoms with E-state index in [1.54, 1.807) is 6.07 Å². The number of rotatable bonds is 4. The third-order valence-corrected chi connectivity index (χ3v) is 4.33.